The zero-order chi connectivity index (χ0) is 20.4. The third-order valence-electron chi connectivity index (χ3n) is 5.24. The summed E-state index contributed by atoms with van der Waals surface area (Å²) in [6.45, 7) is 2.04. The fraction of sp³-hybridized carbons (Fsp3) is 0.364. The van der Waals surface area contributed by atoms with Crippen molar-refractivity contribution in [1.82, 2.24) is 0 Å². The molecule has 0 atom stereocenters. The van der Waals surface area contributed by atoms with E-state index in [1.54, 1.807) is 18.3 Å². The van der Waals surface area contributed by atoms with E-state index in [-0.39, 0.29) is 12.5 Å². The zero-order valence-corrected chi connectivity index (χ0v) is 18.6. The third-order valence-corrected chi connectivity index (χ3v) is 7.58. The largest absolute Gasteiger partial charge is 0.462 e. The van der Waals surface area contributed by atoms with Crippen molar-refractivity contribution in [3.8, 4) is 0 Å². The summed E-state index contributed by atoms with van der Waals surface area (Å²) in [5.74, 6) is -0.593. The molecule has 2 heterocycles. The average molecular weight is 448 g/mol. The fourth-order valence-electron chi connectivity index (χ4n) is 3.83. The zero-order valence-electron chi connectivity index (χ0n) is 16.2. The van der Waals surface area contributed by atoms with Crippen molar-refractivity contribution in [2.24, 2.45) is 0 Å². The summed E-state index contributed by atoms with van der Waals surface area (Å²) in [7, 11) is 0. The second-order valence-corrected chi connectivity index (χ2v) is 9.30. The molecule has 2 aromatic heterocycles. The van der Waals surface area contributed by atoms with Gasteiger partial charge in [-0.05, 0) is 62.7 Å². The summed E-state index contributed by atoms with van der Waals surface area (Å²) in [6.07, 6.45) is 9.78. The Morgan fingerprint density at radius 2 is 2.00 bits per heavy atom. The standard InChI is InChI=1S/C22H22ClNO3S2/c1-2-27-22(26)19-15(13-7-3-5-9-17(13)23)11-29-21(19)24-20(25)16-12-28-18-10-6-4-8-14(16)18/h5,9,11-12H,2-4,6-8,10H2,1H3,(H,24,25). The molecule has 29 heavy (non-hydrogen) atoms. The van der Waals surface area contributed by atoms with Gasteiger partial charge in [-0.15, -0.1) is 22.7 Å². The number of rotatable bonds is 5. The highest BCUT2D eigenvalue weighted by atomic mass is 35.5. The quantitative estimate of drug-likeness (QED) is 0.538. The number of aryl methyl sites for hydroxylation is 1. The number of amides is 1. The van der Waals surface area contributed by atoms with Crippen molar-refractivity contribution < 1.29 is 14.3 Å². The first-order valence-corrected chi connectivity index (χ1v) is 12.0. The summed E-state index contributed by atoms with van der Waals surface area (Å²) in [6, 6.07) is 0. The van der Waals surface area contributed by atoms with E-state index in [0.29, 0.717) is 15.6 Å². The number of nitrogens with one attached hydrogen (secondary N) is 1. The van der Waals surface area contributed by atoms with Gasteiger partial charge in [0.2, 0.25) is 0 Å². The number of hydrogen-bond acceptors (Lipinski definition) is 5. The van der Waals surface area contributed by atoms with Crippen LogP contribution < -0.4 is 5.32 Å². The summed E-state index contributed by atoms with van der Waals surface area (Å²) in [5.41, 5.74) is 3.97. The number of ether oxygens (including phenoxy) is 1. The van der Waals surface area contributed by atoms with Crippen LogP contribution in [0.2, 0.25) is 0 Å². The van der Waals surface area contributed by atoms with Gasteiger partial charge >= 0.3 is 5.97 Å². The highest BCUT2D eigenvalue weighted by Gasteiger charge is 2.27. The SMILES string of the molecule is CCOC(=O)c1c(C2=C(Cl)C=CCC2)csc1NC(=O)c1csc2c1CCCC2. The first kappa shape index (κ1) is 20.4. The van der Waals surface area contributed by atoms with Gasteiger partial charge in [-0.2, -0.15) is 0 Å². The van der Waals surface area contributed by atoms with Crippen molar-refractivity contribution in [3.05, 3.63) is 55.1 Å². The van der Waals surface area contributed by atoms with Crippen LogP contribution in [0.5, 0.6) is 0 Å². The molecule has 0 saturated heterocycles. The Bertz CT molecular complexity index is 1020. The molecule has 4 rings (SSSR count). The molecule has 0 aromatic carbocycles. The second-order valence-electron chi connectivity index (χ2n) is 7.05. The van der Waals surface area contributed by atoms with Crippen molar-refractivity contribution in [3.63, 3.8) is 0 Å². The molecule has 4 nitrogen and oxygen atoms in total. The Balaban J connectivity index is 1.68. The maximum atomic E-state index is 13.0. The van der Waals surface area contributed by atoms with E-state index in [1.807, 2.05) is 22.9 Å². The van der Waals surface area contributed by atoms with Gasteiger partial charge in [0.15, 0.2) is 0 Å². The van der Waals surface area contributed by atoms with Crippen molar-refractivity contribution in [1.29, 1.82) is 0 Å². The van der Waals surface area contributed by atoms with Crippen LogP contribution in [0.3, 0.4) is 0 Å². The van der Waals surface area contributed by atoms with E-state index in [0.717, 1.165) is 54.4 Å². The molecule has 1 N–H and O–H groups in total. The van der Waals surface area contributed by atoms with E-state index in [1.165, 1.54) is 22.6 Å². The average Bonchev–Trinajstić information content (AvgIpc) is 3.33. The van der Waals surface area contributed by atoms with E-state index >= 15 is 0 Å². The molecule has 0 saturated carbocycles. The number of carbonyl (C=O) groups excluding carboxylic acids is 2. The Morgan fingerprint density at radius 3 is 2.79 bits per heavy atom. The molecule has 7 heteroatoms. The van der Waals surface area contributed by atoms with Crippen molar-refractivity contribution in [2.75, 3.05) is 11.9 Å². The molecule has 0 radical (unpaired) electrons. The van der Waals surface area contributed by atoms with Crippen LogP contribution in [-0.4, -0.2) is 18.5 Å². The molecular weight excluding hydrogens is 426 g/mol. The van der Waals surface area contributed by atoms with Crippen LogP contribution in [0, 0.1) is 0 Å². The van der Waals surface area contributed by atoms with Gasteiger partial charge in [0, 0.05) is 26.2 Å². The molecule has 0 fully saturated rings. The highest BCUT2D eigenvalue weighted by Crippen LogP contribution is 2.40. The summed E-state index contributed by atoms with van der Waals surface area (Å²) in [5, 5.41) is 7.96. The van der Waals surface area contributed by atoms with E-state index < -0.39 is 5.97 Å². The smallest absolute Gasteiger partial charge is 0.341 e. The number of anilines is 1. The first-order chi connectivity index (χ1) is 14.1. The van der Waals surface area contributed by atoms with Gasteiger partial charge in [-0.1, -0.05) is 17.7 Å². The van der Waals surface area contributed by atoms with E-state index in [9.17, 15) is 9.59 Å². The number of esters is 1. The Hall–Kier alpha value is -1.89. The molecule has 2 aliphatic rings. The molecule has 2 aliphatic carbocycles. The molecule has 152 valence electrons. The normalized spacial score (nSPS) is 15.9. The lowest BCUT2D eigenvalue weighted by molar-refractivity contribution is 0.0528. The number of hydrogen-bond donors (Lipinski definition) is 1. The fourth-order valence-corrected chi connectivity index (χ4v) is 6.20. The minimum absolute atomic E-state index is 0.160. The maximum absolute atomic E-state index is 13.0. The molecule has 0 spiro atoms. The molecule has 0 unspecified atom stereocenters. The second kappa shape index (κ2) is 8.86. The predicted octanol–water partition coefficient (Wildman–Crippen LogP) is 6.42. The molecule has 2 aromatic rings. The number of fused-ring (bicyclic) bond motifs is 1. The monoisotopic (exact) mass is 447 g/mol. The number of halogens is 1. The predicted molar refractivity (Wildman–Crippen MR) is 120 cm³/mol. The highest BCUT2D eigenvalue weighted by molar-refractivity contribution is 7.15. The van der Waals surface area contributed by atoms with Crippen molar-refractivity contribution >= 4 is 56.7 Å². The first-order valence-electron chi connectivity index (χ1n) is 9.85. The number of carbonyl (C=O) groups is 2. The molecule has 0 bridgehead atoms. The summed E-state index contributed by atoms with van der Waals surface area (Å²) >= 11 is 9.40. The van der Waals surface area contributed by atoms with Crippen LogP contribution >= 0.6 is 34.3 Å². The third kappa shape index (κ3) is 4.06. The van der Waals surface area contributed by atoms with Crippen LogP contribution in [0.4, 0.5) is 5.00 Å². The maximum Gasteiger partial charge on any atom is 0.341 e. The molecule has 1 amide bonds. The van der Waals surface area contributed by atoms with Gasteiger partial charge in [-0.3, -0.25) is 4.79 Å². The van der Waals surface area contributed by atoms with Crippen LogP contribution in [0.15, 0.2) is 27.9 Å². The van der Waals surface area contributed by atoms with Gasteiger partial charge in [0.05, 0.1) is 12.2 Å². The summed E-state index contributed by atoms with van der Waals surface area (Å²) in [4.78, 5) is 27.1. The van der Waals surface area contributed by atoms with Crippen LogP contribution in [0.1, 0.15) is 69.3 Å². The minimum atomic E-state index is -0.432. The lowest BCUT2D eigenvalue weighted by atomic mass is 9.95. The minimum Gasteiger partial charge on any atom is -0.462 e. The van der Waals surface area contributed by atoms with E-state index in [4.69, 9.17) is 16.3 Å². The lowest BCUT2D eigenvalue weighted by Gasteiger charge is -2.14. The van der Waals surface area contributed by atoms with E-state index in [2.05, 4.69) is 5.32 Å². The van der Waals surface area contributed by atoms with Crippen molar-refractivity contribution in [2.45, 2.75) is 45.4 Å². The summed E-state index contributed by atoms with van der Waals surface area (Å²) < 4.78 is 5.29. The topological polar surface area (TPSA) is 55.4 Å². The van der Waals surface area contributed by atoms with Gasteiger partial charge in [0.1, 0.15) is 10.6 Å². The Kier molecular flexibility index (Phi) is 6.23. The lowest BCUT2D eigenvalue weighted by Crippen LogP contribution is -2.17. The molecular formula is C22H22ClNO3S2. The molecule has 0 aliphatic heterocycles. The van der Waals surface area contributed by atoms with Crippen LogP contribution in [-0.2, 0) is 17.6 Å². The van der Waals surface area contributed by atoms with Gasteiger partial charge in [-0.25, -0.2) is 4.79 Å². The number of thiophene rings is 2. The van der Waals surface area contributed by atoms with Crippen LogP contribution in [0.25, 0.3) is 5.57 Å². The van der Waals surface area contributed by atoms with Gasteiger partial charge < -0.3 is 10.1 Å². The van der Waals surface area contributed by atoms with Gasteiger partial charge in [0.25, 0.3) is 5.91 Å². The number of allylic oxidation sites excluding steroid dienone is 4. The Labute approximate surface area is 183 Å². The Morgan fingerprint density at radius 1 is 1.17 bits per heavy atom.